The molecule has 0 spiro atoms. The van der Waals surface area contributed by atoms with Gasteiger partial charge >= 0.3 is 0 Å². The van der Waals surface area contributed by atoms with Crippen LogP contribution < -0.4 is 20.1 Å². The van der Waals surface area contributed by atoms with Crippen LogP contribution in [0.15, 0.2) is 42.5 Å². The number of hydrogen-bond acceptors (Lipinski definition) is 4. The van der Waals surface area contributed by atoms with E-state index in [9.17, 15) is 14.0 Å². The predicted octanol–water partition coefficient (Wildman–Crippen LogP) is 3.17. The zero-order valence-corrected chi connectivity index (χ0v) is 16.5. The molecule has 2 amide bonds. The van der Waals surface area contributed by atoms with Gasteiger partial charge in [-0.2, -0.15) is 0 Å². The Kier molecular flexibility index (Phi) is 6.98. The van der Waals surface area contributed by atoms with Gasteiger partial charge in [-0.25, -0.2) is 4.39 Å². The van der Waals surface area contributed by atoms with Crippen molar-refractivity contribution in [2.45, 2.75) is 20.3 Å². The van der Waals surface area contributed by atoms with Gasteiger partial charge in [-0.1, -0.05) is 18.2 Å². The molecule has 0 saturated carbocycles. The molecule has 7 heteroatoms. The Balaban J connectivity index is 1.97. The molecule has 0 aliphatic rings. The number of nitrogens with one attached hydrogen (secondary N) is 2. The average Bonchev–Trinajstić information content (AvgIpc) is 2.69. The van der Waals surface area contributed by atoms with Crippen LogP contribution >= 0.6 is 0 Å². The van der Waals surface area contributed by atoms with Gasteiger partial charge in [-0.15, -0.1) is 0 Å². The molecule has 2 rings (SSSR count). The molecule has 0 heterocycles. The van der Waals surface area contributed by atoms with Crippen molar-refractivity contribution in [3.8, 4) is 11.5 Å². The third kappa shape index (κ3) is 5.00. The summed E-state index contributed by atoms with van der Waals surface area (Å²) in [6, 6.07) is 11.3. The first kappa shape index (κ1) is 21.2. The van der Waals surface area contributed by atoms with Gasteiger partial charge in [0.15, 0.2) is 11.5 Å². The van der Waals surface area contributed by atoms with Crippen LogP contribution in [0.2, 0.25) is 0 Å². The summed E-state index contributed by atoms with van der Waals surface area (Å²) in [4.78, 5) is 25.1. The molecule has 6 nitrogen and oxygen atoms in total. The number of hydrogen-bond donors (Lipinski definition) is 2. The van der Waals surface area contributed by atoms with E-state index in [0.29, 0.717) is 29.2 Å². The lowest BCUT2D eigenvalue weighted by Crippen LogP contribution is -2.45. The highest BCUT2D eigenvalue weighted by Gasteiger charge is 2.36. The number of carbonyl (C=O) groups is 2. The van der Waals surface area contributed by atoms with E-state index in [-0.39, 0.29) is 12.4 Å². The van der Waals surface area contributed by atoms with Gasteiger partial charge < -0.3 is 20.1 Å². The third-order valence-corrected chi connectivity index (χ3v) is 4.41. The number of methoxy groups -OCH3 is 2. The van der Waals surface area contributed by atoms with Crippen molar-refractivity contribution >= 4 is 17.5 Å². The molecule has 0 aliphatic carbocycles. The van der Waals surface area contributed by atoms with Crippen molar-refractivity contribution in [1.29, 1.82) is 0 Å². The number of ether oxygens (including phenoxy) is 2. The molecule has 2 aromatic carbocycles. The lowest BCUT2D eigenvalue weighted by Gasteiger charge is -2.23. The van der Waals surface area contributed by atoms with Crippen molar-refractivity contribution < 1.29 is 23.5 Å². The largest absolute Gasteiger partial charge is 0.493 e. The molecule has 150 valence electrons. The second kappa shape index (κ2) is 9.21. The summed E-state index contributed by atoms with van der Waals surface area (Å²) >= 11 is 0. The van der Waals surface area contributed by atoms with Crippen molar-refractivity contribution in [1.82, 2.24) is 5.32 Å². The summed E-state index contributed by atoms with van der Waals surface area (Å²) in [5.74, 6) is -0.231. The molecule has 0 bridgehead atoms. The smallest absolute Gasteiger partial charge is 0.239 e. The predicted molar refractivity (Wildman–Crippen MR) is 105 cm³/mol. The minimum atomic E-state index is -1.32. The fourth-order valence-electron chi connectivity index (χ4n) is 2.54. The van der Waals surface area contributed by atoms with E-state index in [2.05, 4.69) is 10.6 Å². The van der Waals surface area contributed by atoms with E-state index < -0.39 is 17.2 Å². The lowest BCUT2D eigenvalue weighted by atomic mass is 9.90. The van der Waals surface area contributed by atoms with E-state index in [1.54, 1.807) is 36.4 Å². The zero-order chi connectivity index (χ0) is 20.7. The van der Waals surface area contributed by atoms with E-state index in [1.165, 1.54) is 34.1 Å². The Hall–Kier alpha value is -3.09. The molecular formula is C21H25FN2O4. The van der Waals surface area contributed by atoms with E-state index >= 15 is 0 Å². The molecule has 0 aliphatic heterocycles. The van der Waals surface area contributed by atoms with Crippen molar-refractivity contribution in [3.05, 3.63) is 53.8 Å². The maximum Gasteiger partial charge on any atom is 0.239 e. The van der Waals surface area contributed by atoms with Gasteiger partial charge in [0.25, 0.3) is 0 Å². The maximum absolute atomic E-state index is 13.6. The summed E-state index contributed by atoms with van der Waals surface area (Å²) in [5, 5.41) is 5.41. The van der Waals surface area contributed by atoms with Crippen LogP contribution in [-0.2, 0) is 16.0 Å². The standard InChI is InChI=1S/C21H25FN2O4/c1-21(2,19(25)23-12-11-14-7-5-6-8-16(14)22)20(26)24-15-9-10-17(27-3)18(13-15)28-4/h5-10,13H,11-12H2,1-4H3,(H,23,25)(H,24,26). The van der Waals surface area contributed by atoms with Gasteiger partial charge in [0.05, 0.1) is 14.2 Å². The van der Waals surface area contributed by atoms with Crippen LogP contribution in [0, 0.1) is 11.2 Å². The molecule has 0 saturated heterocycles. The molecule has 0 aromatic heterocycles. The summed E-state index contributed by atoms with van der Waals surface area (Å²) in [7, 11) is 3.02. The second-order valence-electron chi connectivity index (χ2n) is 6.75. The Morgan fingerprint density at radius 2 is 1.68 bits per heavy atom. The highest BCUT2D eigenvalue weighted by molar-refractivity contribution is 6.09. The third-order valence-electron chi connectivity index (χ3n) is 4.41. The average molecular weight is 388 g/mol. The van der Waals surface area contributed by atoms with E-state index in [0.717, 1.165) is 0 Å². The normalized spacial score (nSPS) is 10.9. The Morgan fingerprint density at radius 3 is 2.32 bits per heavy atom. The molecule has 28 heavy (non-hydrogen) atoms. The molecule has 0 fully saturated rings. The monoisotopic (exact) mass is 388 g/mol. The summed E-state index contributed by atoms with van der Waals surface area (Å²) < 4.78 is 24.0. The van der Waals surface area contributed by atoms with Gasteiger partial charge in [0.2, 0.25) is 11.8 Å². The lowest BCUT2D eigenvalue weighted by molar-refractivity contribution is -0.138. The summed E-state index contributed by atoms with van der Waals surface area (Å²) in [6.07, 6.45) is 0.339. The number of anilines is 1. The SMILES string of the molecule is COc1ccc(NC(=O)C(C)(C)C(=O)NCCc2ccccc2F)cc1OC. The number of carbonyl (C=O) groups excluding carboxylic acids is 2. The van der Waals surface area contributed by atoms with E-state index in [4.69, 9.17) is 9.47 Å². The van der Waals surface area contributed by atoms with Crippen LogP contribution in [-0.4, -0.2) is 32.6 Å². The summed E-state index contributed by atoms with van der Waals surface area (Å²) in [5.41, 5.74) is -0.326. The minimum absolute atomic E-state index is 0.229. The minimum Gasteiger partial charge on any atom is -0.493 e. The van der Waals surface area contributed by atoms with Gasteiger partial charge in [-0.3, -0.25) is 9.59 Å². The van der Waals surface area contributed by atoms with Crippen LogP contribution in [0.3, 0.4) is 0 Å². The zero-order valence-electron chi connectivity index (χ0n) is 16.5. The van der Waals surface area contributed by atoms with Crippen LogP contribution in [0.5, 0.6) is 11.5 Å². The Labute approximate surface area is 164 Å². The molecule has 0 radical (unpaired) electrons. The molecular weight excluding hydrogens is 363 g/mol. The maximum atomic E-state index is 13.6. The topological polar surface area (TPSA) is 76.7 Å². The van der Waals surface area contributed by atoms with Crippen LogP contribution in [0.4, 0.5) is 10.1 Å². The van der Waals surface area contributed by atoms with Crippen molar-refractivity contribution in [2.75, 3.05) is 26.1 Å². The first-order valence-corrected chi connectivity index (χ1v) is 8.84. The molecule has 0 unspecified atom stereocenters. The first-order chi connectivity index (χ1) is 13.3. The number of halogens is 1. The summed E-state index contributed by atoms with van der Waals surface area (Å²) in [6.45, 7) is 3.29. The second-order valence-corrected chi connectivity index (χ2v) is 6.75. The highest BCUT2D eigenvalue weighted by atomic mass is 19.1. The fraction of sp³-hybridized carbons (Fsp3) is 0.333. The number of amides is 2. The fourth-order valence-corrected chi connectivity index (χ4v) is 2.54. The van der Waals surface area contributed by atoms with Crippen LogP contribution in [0.1, 0.15) is 19.4 Å². The van der Waals surface area contributed by atoms with Gasteiger partial charge in [0, 0.05) is 18.3 Å². The Bertz CT molecular complexity index is 852. The first-order valence-electron chi connectivity index (χ1n) is 8.84. The van der Waals surface area contributed by atoms with Gasteiger partial charge in [0.1, 0.15) is 11.2 Å². The molecule has 0 atom stereocenters. The van der Waals surface area contributed by atoms with Crippen molar-refractivity contribution in [3.63, 3.8) is 0 Å². The molecule has 2 N–H and O–H groups in total. The highest BCUT2D eigenvalue weighted by Crippen LogP contribution is 2.30. The van der Waals surface area contributed by atoms with E-state index in [1.807, 2.05) is 0 Å². The Morgan fingerprint density at radius 1 is 1.00 bits per heavy atom. The van der Waals surface area contributed by atoms with Crippen LogP contribution in [0.25, 0.3) is 0 Å². The van der Waals surface area contributed by atoms with Gasteiger partial charge in [-0.05, 0) is 44.0 Å². The molecule has 2 aromatic rings. The number of rotatable bonds is 8. The quantitative estimate of drug-likeness (QED) is 0.681. The number of benzene rings is 2. The van der Waals surface area contributed by atoms with Crippen molar-refractivity contribution in [2.24, 2.45) is 5.41 Å².